The molecule has 2 atom stereocenters. The lowest BCUT2D eigenvalue weighted by Gasteiger charge is -2.12. The Morgan fingerprint density at radius 2 is 2.16 bits per heavy atom. The van der Waals surface area contributed by atoms with Crippen molar-refractivity contribution in [2.24, 2.45) is 0 Å². The second-order valence-electron chi connectivity index (χ2n) is 4.49. The summed E-state index contributed by atoms with van der Waals surface area (Å²) in [6.45, 7) is 0.140. The van der Waals surface area contributed by atoms with E-state index in [1.165, 1.54) is 0 Å². The highest BCUT2D eigenvalue weighted by molar-refractivity contribution is 5.87. The number of carbonyl (C=O) groups is 2. The van der Waals surface area contributed by atoms with E-state index in [1.54, 1.807) is 0 Å². The average Bonchev–Trinajstić information content (AvgIpc) is 2.82. The highest BCUT2D eigenvalue weighted by Crippen LogP contribution is 2.24. The zero-order chi connectivity index (χ0) is 13.8. The predicted molar refractivity (Wildman–Crippen MR) is 68.8 cm³/mol. The number of aliphatic hydroxyl groups is 1. The molecule has 2 rings (SSSR count). The van der Waals surface area contributed by atoms with Gasteiger partial charge in [0.05, 0.1) is 0 Å². The van der Waals surface area contributed by atoms with Crippen LogP contribution in [0.2, 0.25) is 0 Å². The smallest absolute Gasteiger partial charge is 0.332 e. The molecule has 0 aliphatic carbocycles. The maximum atomic E-state index is 11.9. The molecule has 4 N–H and O–H groups in total. The molecule has 0 bridgehead atoms. The molecule has 6 nitrogen and oxygen atoms in total. The van der Waals surface area contributed by atoms with Crippen LogP contribution in [0.15, 0.2) is 24.3 Å². The summed E-state index contributed by atoms with van der Waals surface area (Å²) in [6, 6.07) is 7.36. The summed E-state index contributed by atoms with van der Waals surface area (Å²) in [6.07, 6.45) is -0.821. The van der Waals surface area contributed by atoms with Gasteiger partial charge in [-0.25, -0.2) is 4.79 Å². The van der Waals surface area contributed by atoms with Crippen LogP contribution in [0.5, 0.6) is 0 Å². The molecule has 0 saturated heterocycles. The van der Waals surface area contributed by atoms with Crippen LogP contribution in [0.25, 0.3) is 0 Å². The van der Waals surface area contributed by atoms with Crippen LogP contribution in [-0.4, -0.2) is 40.8 Å². The van der Waals surface area contributed by atoms with Gasteiger partial charge in [0.15, 0.2) is 6.10 Å². The number of carboxylic acid groups (broad SMARTS) is 1. The number of aliphatic carboxylic acids is 1. The first-order valence-electron chi connectivity index (χ1n) is 6.11. The van der Waals surface area contributed by atoms with Crippen LogP contribution in [0, 0.1) is 0 Å². The molecule has 1 unspecified atom stereocenters. The molecule has 0 radical (unpaired) electrons. The molecule has 1 aromatic carbocycles. The number of fused-ring (bicyclic) bond motifs is 1. The molecule has 19 heavy (non-hydrogen) atoms. The quantitative estimate of drug-likeness (QED) is 0.599. The number of hydrogen-bond acceptors (Lipinski definition) is 4. The molecule has 0 spiro atoms. The van der Waals surface area contributed by atoms with Crippen LogP contribution >= 0.6 is 0 Å². The first-order chi connectivity index (χ1) is 9.08. The zero-order valence-electron chi connectivity index (χ0n) is 10.3. The Morgan fingerprint density at radius 1 is 1.42 bits per heavy atom. The summed E-state index contributed by atoms with van der Waals surface area (Å²) < 4.78 is 0. The van der Waals surface area contributed by atoms with E-state index < -0.39 is 12.1 Å². The molecule has 1 aromatic rings. The van der Waals surface area contributed by atoms with Crippen molar-refractivity contribution in [2.45, 2.75) is 25.0 Å². The molecule has 0 fully saturated rings. The molecular weight excluding hydrogens is 248 g/mol. The van der Waals surface area contributed by atoms with Gasteiger partial charge in [-0.15, -0.1) is 0 Å². The number of amides is 1. The minimum atomic E-state index is -1.44. The van der Waals surface area contributed by atoms with Gasteiger partial charge in [0.1, 0.15) is 6.04 Å². The predicted octanol–water partition coefficient (Wildman–Crippen LogP) is -0.0250. The summed E-state index contributed by atoms with van der Waals surface area (Å²) in [4.78, 5) is 22.3. The molecule has 1 heterocycles. The van der Waals surface area contributed by atoms with E-state index in [0.29, 0.717) is 6.42 Å². The minimum absolute atomic E-state index is 0.000736. The van der Waals surface area contributed by atoms with Crippen LogP contribution in [-0.2, 0) is 16.0 Å². The molecular formula is C13H16N2O4. The van der Waals surface area contributed by atoms with Gasteiger partial charge in [0.2, 0.25) is 5.91 Å². The summed E-state index contributed by atoms with van der Waals surface area (Å²) in [7, 11) is 0. The van der Waals surface area contributed by atoms with Crippen molar-refractivity contribution < 1.29 is 19.8 Å². The molecule has 0 saturated carbocycles. The van der Waals surface area contributed by atoms with Crippen molar-refractivity contribution in [1.82, 2.24) is 5.32 Å². The van der Waals surface area contributed by atoms with Crippen molar-refractivity contribution in [3.8, 4) is 0 Å². The Morgan fingerprint density at radius 3 is 2.84 bits per heavy atom. The van der Waals surface area contributed by atoms with Gasteiger partial charge in [-0.2, -0.15) is 0 Å². The van der Waals surface area contributed by atoms with Gasteiger partial charge < -0.3 is 20.8 Å². The highest BCUT2D eigenvalue weighted by atomic mass is 16.4. The Kier molecular flexibility index (Phi) is 4.01. The third-order valence-corrected chi connectivity index (χ3v) is 3.09. The number of aliphatic hydroxyl groups excluding tert-OH is 1. The Hall–Kier alpha value is -2.08. The molecule has 0 aromatic heterocycles. The average molecular weight is 264 g/mol. The fourth-order valence-electron chi connectivity index (χ4n) is 2.03. The molecule has 1 aliphatic heterocycles. The van der Waals surface area contributed by atoms with Gasteiger partial charge in [-0.05, 0) is 11.6 Å². The Labute approximate surface area is 110 Å². The standard InChI is InChI=1S/C13H16N2O4/c16-11(13(18)19)5-6-14-12(17)10-7-8-3-1-2-4-9(8)15-10/h1-4,10-11,15-16H,5-7H2,(H,14,17)(H,18,19)/t10-,11?/m0/s1. The number of hydrogen-bond donors (Lipinski definition) is 4. The maximum Gasteiger partial charge on any atom is 0.332 e. The van der Waals surface area contributed by atoms with Crippen LogP contribution in [0.3, 0.4) is 0 Å². The summed E-state index contributed by atoms with van der Waals surface area (Å²) >= 11 is 0. The van der Waals surface area contributed by atoms with E-state index in [4.69, 9.17) is 10.2 Å². The third-order valence-electron chi connectivity index (χ3n) is 3.09. The van der Waals surface area contributed by atoms with Gasteiger partial charge in [0, 0.05) is 25.1 Å². The minimum Gasteiger partial charge on any atom is -0.479 e. The van der Waals surface area contributed by atoms with Crippen LogP contribution < -0.4 is 10.6 Å². The van der Waals surface area contributed by atoms with Crippen LogP contribution in [0.4, 0.5) is 5.69 Å². The van der Waals surface area contributed by atoms with Gasteiger partial charge in [-0.3, -0.25) is 4.79 Å². The molecule has 1 amide bonds. The van der Waals surface area contributed by atoms with E-state index in [2.05, 4.69) is 10.6 Å². The van der Waals surface area contributed by atoms with Crippen molar-refractivity contribution >= 4 is 17.6 Å². The SMILES string of the molecule is O=C(O)C(O)CCNC(=O)[C@@H]1Cc2ccccc2N1. The summed E-state index contributed by atoms with van der Waals surface area (Å²) in [5, 5.41) is 23.3. The van der Waals surface area contributed by atoms with E-state index >= 15 is 0 Å². The fraction of sp³-hybridized carbons (Fsp3) is 0.385. The van der Waals surface area contributed by atoms with Gasteiger partial charge in [0.25, 0.3) is 0 Å². The van der Waals surface area contributed by atoms with Crippen LogP contribution in [0.1, 0.15) is 12.0 Å². The maximum absolute atomic E-state index is 11.9. The largest absolute Gasteiger partial charge is 0.479 e. The first kappa shape index (κ1) is 13.4. The Balaban J connectivity index is 1.79. The lowest BCUT2D eigenvalue weighted by atomic mass is 10.1. The van der Waals surface area contributed by atoms with Crippen molar-refractivity contribution in [2.75, 3.05) is 11.9 Å². The van der Waals surface area contributed by atoms with Gasteiger partial charge in [-0.1, -0.05) is 18.2 Å². The number of rotatable bonds is 5. The van der Waals surface area contributed by atoms with E-state index in [-0.39, 0.29) is 24.9 Å². The fourth-order valence-corrected chi connectivity index (χ4v) is 2.03. The number of anilines is 1. The van der Waals surface area contributed by atoms with Gasteiger partial charge >= 0.3 is 5.97 Å². The highest BCUT2D eigenvalue weighted by Gasteiger charge is 2.26. The summed E-state index contributed by atoms with van der Waals surface area (Å²) in [5.74, 6) is -1.46. The number of para-hydroxylation sites is 1. The van der Waals surface area contributed by atoms with Crippen molar-refractivity contribution in [3.63, 3.8) is 0 Å². The number of nitrogens with one attached hydrogen (secondary N) is 2. The van der Waals surface area contributed by atoms with Crippen molar-refractivity contribution in [3.05, 3.63) is 29.8 Å². The normalized spacial score (nSPS) is 18.3. The number of benzene rings is 1. The Bertz CT molecular complexity index is 464. The first-order valence-corrected chi connectivity index (χ1v) is 6.11. The second-order valence-corrected chi connectivity index (χ2v) is 4.49. The number of carbonyl (C=O) groups excluding carboxylic acids is 1. The molecule has 6 heteroatoms. The summed E-state index contributed by atoms with van der Waals surface area (Å²) in [5.41, 5.74) is 2.04. The zero-order valence-corrected chi connectivity index (χ0v) is 10.3. The number of carboxylic acids is 1. The molecule has 102 valence electrons. The third kappa shape index (κ3) is 3.23. The second kappa shape index (κ2) is 5.71. The monoisotopic (exact) mass is 264 g/mol. The lowest BCUT2D eigenvalue weighted by Crippen LogP contribution is -2.40. The molecule has 1 aliphatic rings. The van der Waals surface area contributed by atoms with E-state index in [1.807, 2.05) is 24.3 Å². The van der Waals surface area contributed by atoms with E-state index in [0.717, 1.165) is 11.3 Å². The lowest BCUT2D eigenvalue weighted by molar-refractivity contribution is -0.147. The topological polar surface area (TPSA) is 98.7 Å². The van der Waals surface area contributed by atoms with Crippen molar-refractivity contribution in [1.29, 1.82) is 0 Å². The van der Waals surface area contributed by atoms with E-state index in [9.17, 15) is 9.59 Å².